The third kappa shape index (κ3) is 7.35. The van der Waals surface area contributed by atoms with Crippen molar-refractivity contribution in [2.45, 2.75) is 45.6 Å². The molecule has 2 aromatic rings. The number of amides is 1. The van der Waals surface area contributed by atoms with E-state index in [-0.39, 0.29) is 59.0 Å². The molecular weight excluding hydrogens is 536 g/mol. The summed E-state index contributed by atoms with van der Waals surface area (Å²) in [5.74, 6) is -0.620. The predicted molar refractivity (Wildman–Crippen MR) is 129 cm³/mol. The number of alkyl halides is 2. The van der Waals surface area contributed by atoms with Gasteiger partial charge in [0.25, 0.3) is 20.1 Å². The molecule has 3 rings (SSSR count). The van der Waals surface area contributed by atoms with Crippen LogP contribution in [0.1, 0.15) is 38.7 Å². The number of aryl methyl sites for hydroxylation is 1. The van der Waals surface area contributed by atoms with E-state index in [0.717, 1.165) is 16.8 Å². The van der Waals surface area contributed by atoms with Gasteiger partial charge in [-0.25, -0.2) is 17.9 Å². The van der Waals surface area contributed by atoms with Crippen molar-refractivity contribution in [1.82, 2.24) is 14.8 Å². The molecule has 37 heavy (non-hydrogen) atoms. The summed E-state index contributed by atoms with van der Waals surface area (Å²) in [5, 5.41) is 6.08. The van der Waals surface area contributed by atoms with E-state index in [4.69, 9.17) is 8.92 Å². The lowest BCUT2D eigenvalue weighted by atomic mass is 9.98. The lowest BCUT2D eigenvalue weighted by Crippen LogP contribution is -2.42. The number of sulfonamides is 1. The number of aromatic nitrogens is 3. The molecule has 0 aromatic carbocycles. The van der Waals surface area contributed by atoms with E-state index in [1.807, 2.05) is 20.8 Å². The SMILES string of the molecule is Cc1nn(C(F)F)cc1S(=O)(=O)N1C[C@H](COS(C)(=O)=O)Cc2ncc(NC(=O)OCC(C)(C)C)cc21. The third-order valence-electron chi connectivity index (χ3n) is 5.16. The molecule has 206 valence electrons. The van der Waals surface area contributed by atoms with E-state index in [2.05, 4.69) is 15.4 Å². The van der Waals surface area contributed by atoms with Crippen molar-refractivity contribution in [3.63, 3.8) is 0 Å². The summed E-state index contributed by atoms with van der Waals surface area (Å²) in [6, 6.07) is 1.37. The van der Waals surface area contributed by atoms with Gasteiger partial charge in [0.1, 0.15) is 4.90 Å². The maximum absolute atomic E-state index is 13.6. The Morgan fingerprint density at radius 2 is 1.95 bits per heavy atom. The predicted octanol–water partition coefficient (Wildman–Crippen LogP) is 2.92. The number of nitrogens with one attached hydrogen (secondary N) is 1. The number of nitrogens with zero attached hydrogens (tertiary/aromatic N) is 4. The van der Waals surface area contributed by atoms with Crippen molar-refractivity contribution in [3.05, 3.63) is 29.8 Å². The highest BCUT2D eigenvalue weighted by molar-refractivity contribution is 7.92. The average molecular weight is 566 g/mol. The second-order valence-electron chi connectivity index (χ2n) is 9.88. The number of ether oxygens (including phenoxy) is 1. The van der Waals surface area contributed by atoms with Crippen molar-refractivity contribution < 1.29 is 39.3 Å². The van der Waals surface area contributed by atoms with Crippen LogP contribution in [0.2, 0.25) is 0 Å². The van der Waals surface area contributed by atoms with E-state index in [1.54, 1.807) is 0 Å². The Morgan fingerprint density at radius 1 is 1.27 bits per heavy atom. The fraction of sp³-hybridized carbons (Fsp3) is 0.571. The van der Waals surface area contributed by atoms with Gasteiger partial charge < -0.3 is 4.74 Å². The van der Waals surface area contributed by atoms with Gasteiger partial charge in [-0.3, -0.25) is 18.8 Å². The van der Waals surface area contributed by atoms with Gasteiger partial charge in [-0.1, -0.05) is 20.8 Å². The molecular formula is C21H29F2N5O7S2. The maximum Gasteiger partial charge on any atom is 0.411 e. The van der Waals surface area contributed by atoms with Crippen LogP contribution in [-0.4, -0.2) is 63.7 Å². The molecule has 3 heterocycles. The van der Waals surface area contributed by atoms with Gasteiger partial charge in [-0.15, -0.1) is 0 Å². The van der Waals surface area contributed by atoms with Crippen LogP contribution in [0.3, 0.4) is 0 Å². The number of rotatable bonds is 8. The van der Waals surface area contributed by atoms with Crippen molar-refractivity contribution in [2.24, 2.45) is 11.3 Å². The second-order valence-corrected chi connectivity index (χ2v) is 13.4. The fourth-order valence-corrected chi connectivity index (χ4v) is 5.68. The van der Waals surface area contributed by atoms with Crippen molar-refractivity contribution in [3.8, 4) is 0 Å². The fourth-order valence-electron chi connectivity index (χ4n) is 3.53. The van der Waals surface area contributed by atoms with Crippen LogP contribution in [0, 0.1) is 18.3 Å². The highest BCUT2D eigenvalue weighted by Gasteiger charge is 2.37. The lowest BCUT2D eigenvalue weighted by molar-refractivity contribution is 0.0561. The summed E-state index contributed by atoms with van der Waals surface area (Å²) in [6.45, 7) is 3.45. The van der Waals surface area contributed by atoms with Crippen molar-refractivity contribution >= 4 is 37.6 Å². The van der Waals surface area contributed by atoms with Crippen LogP contribution < -0.4 is 9.62 Å². The molecule has 0 bridgehead atoms. The first kappa shape index (κ1) is 28.7. The summed E-state index contributed by atoms with van der Waals surface area (Å²) >= 11 is 0. The van der Waals surface area contributed by atoms with E-state index < -0.39 is 43.6 Å². The molecule has 0 spiro atoms. The summed E-state index contributed by atoms with van der Waals surface area (Å²) < 4.78 is 87.8. The molecule has 0 fully saturated rings. The standard InChI is InChI=1S/C21H29F2N5O7S2/c1-13-18(10-27(26-13)19(22)23)37(32,33)28-9-14(11-35-36(5,30)31)6-16-17(28)7-15(8-24-16)25-20(29)34-12-21(2,3)4/h7-8,10,14,19H,6,9,11-12H2,1-5H3,(H,25,29)/t14-/m1/s1. The number of pyridine rings is 1. The molecule has 0 aliphatic carbocycles. The van der Waals surface area contributed by atoms with Crippen LogP contribution in [0.4, 0.5) is 25.0 Å². The number of carbonyl (C=O) groups is 1. The molecule has 1 atom stereocenters. The van der Waals surface area contributed by atoms with Gasteiger partial charge in [-0.05, 0) is 24.8 Å². The number of halogens is 2. The monoisotopic (exact) mass is 565 g/mol. The van der Waals surface area contributed by atoms with Gasteiger partial charge in [0, 0.05) is 12.5 Å². The average Bonchev–Trinajstić information content (AvgIpc) is 3.18. The van der Waals surface area contributed by atoms with E-state index >= 15 is 0 Å². The molecule has 12 nitrogen and oxygen atoms in total. The topological polar surface area (TPSA) is 150 Å². The van der Waals surface area contributed by atoms with E-state index in [0.29, 0.717) is 0 Å². The molecule has 1 aliphatic heterocycles. The molecule has 16 heteroatoms. The first-order chi connectivity index (χ1) is 17.0. The Morgan fingerprint density at radius 3 is 2.51 bits per heavy atom. The van der Waals surface area contributed by atoms with Gasteiger partial charge in [-0.2, -0.15) is 22.3 Å². The number of carbonyl (C=O) groups excluding carboxylic acids is 1. The van der Waals surface area contributed by atoms with Gasteiger partial charge in [0.2, 0.25) is 0 Å². The first-order valence-corrected chi connectivity index (χ1v) is 14.4. The Hall–Kier alpha value is -2.85. The van der Waals surface area contributed by atoms with Crippen molar-refractivity contribution in [2.75, 3.05) is 35.6 Å². The quantitative estimate of drug-likeness (QED) is 0.477. The minimum absolute atomic E-state index is 0.0911. The number of hydrogen-bond acceptors (Lipinski definition) is 9. The summed E-state index contributed by atoms with van der Waals surface area (Å²) in [4.78, 5) is 16.0. The van der Waals surface area contributed by atoms with Crippen LogP contribution in [0.5, 0.6) is 0 Å². The zero-order chi connectivity index (χ0) is 27.8. The Bertz CT molecular complexity index is 1370. The molecule has 0 unspecified atom stereocenters. The zero-order valence-corrected chi connectivity index (χ0v) is 22.6. The number of hydrogen-bond donors (Lipinski definition) is 1. The normalized spacial score (nSPS) is 16.5. The minimum Gasteiger partial charge on any atom is -0.449 e. The third-order valence-corrected chi connectivity index (χ3v) is 7.61. The number of anilines is 2. The van der Waals surface area contributed by atoms with Crippen LogP contribution >= 0.6 is 0 Å². The van der Waals surface area contributed by atoms with E-state index in [9.17, 15) is 30.4 Å². The Kier molecular flexibility index (Phi) is 8.14. The van der Waals surface area contributed by atoms with Gasteiger partial charge >= 0.3 is 12.6 Å². The van der Waals surface area contributed by atoms with Crippen molar-refractivity contribution in [1.29, 1.82) is 0 Å². The summed E-state index contributed by atoms with van der Waals surface area (Å²) in [5.41, 5.74) is 0.0887. The molecule has 2 aromatic heterocycles. The summed E-state index contributed by atoms with van der Waals surface area (Å²) in [6.07, 6.45) is 2.30. The van der Waals surface area contributed by atoms with Gasteiger partial charge in [0.05, 0.1) is 54.6 Å². The minimum atomic E-state index is -4.45. The zero-order valence-electron chi connectivity index (χ0n) is 20.9. The molecule has 0 radical (unpaired) electrons. The molecule has 0 saturated heterocycles. The molecule has 1 aliphatic rings. The van der Waals surface area contributed by atoms with E-state index in [1.165, 1.54) is 19.2 Å². The highest BCUT2D eigenvalue weighted by atomic mass is 32.2. The largest absolute Gasteiger partial charge is 0.449 e. The maximum atomic E-state index is 13.6. The van der Waals surface area contributed by atoms with Gasteiger partial charge in [0.15, 0.2) is 0 Å². The Balaban J connectivity index is 1.99. The summed E-state index contributed by atoms with van der Waals surface area (Å²) in [7, 11) is -8.25. The second kappa shape index (κ2) is 10.5. The smallest absolute Gasteiger partial charge is 0.411 e. The molecule has 0 saturated carbocycles. The molecule has 1 amide bonds. The van der Waals surface area contributed by atoms with Crippen LogP contribution in [-0.2, 0) is 35.5 Å². The molecule has 1 N–H and O–H groups in total. The Labute approximate surface area is 214 Å². The highest BCUT2D eigenvalue weighted by Crippen LogP contribution is 2.36. The first-order valence-electron chi connectivity index (χ1n) is 11.1. The van der Waals surface area contributed by atoms with Crippen LogP contribution in [0.25, 0.3) is 0 Å². The lowest BCUT2D eigenvalue weighted by Gasteiger charge is -2.34. The number of fused-ring (bicyclic) bond motifs is 1. The van der Waals surface area contributed by atoms with Crippen LogP contribution in [0.15, 0.2) is 23.4 Å².